The second kappa shape index (κ2) is 5.51. The van der Waals surface area contributed by atoms with E-state index in [1.807, 2.05) is 24.3 Å². The Morgan fingerprint density at radius 3 is 2.67 bits per heavy atom. The van der Waals surface area contributed by atoms with Crippen LogP contribution < -0.4 is 10.5 Å². The number of amidine groups is 1. The van der Waals surface area contributed by atoms with Crippen LogP contribution in [0.3, 0.4) is 0 Å². The fraction of sp³-hybridized carbons (Fsp3) is 0.0769. The van der Waals surface area contributed by atoms with E-state index in [9.17, 15) is 0 Å². The van der Waals surface area contributed by atoms with E-state index in [-0.39, 0.29) is 5.84 Å². The molecular formula is C13H12ClN3O. The highest BCUT2D eigenvalue weighted by Crippen LogP contribution is 2.18. The van der Waals surface area contributed by atoms with Gasteiger partial charge in [-0.1, -0.05) is 29.8 Å². The SMILES string of the molecule is N=C(N)c1ccc(OCc2ccccc2Cl)cn1. The van der Waals surface area contributed by atoms with E-state index in [1.54, 1.807) is 12.1 Å². The lowest BCUT2D eigenvalue weighted by atomic mass is 10.2. The monoisotopic (exact) mass is 261 g/mol. The maximum absolute atomic E-state index is 7.23. The van der Waals surface area contributed by atoms with Crippen LogP contribution in [0.25, 0.3) is 0 Å². The molecule has 0 amide bonds. The summed E-state index contributed by atoms with van der Waals surface area (Å²) in [4.78, 5) is 4.01. The van der Waals surface area contributed by atoms with E-state index in [0.29, 0.717) is 23.1 Å². The molecule has 0 aliphatic heterocycles. The zero-order chi connectivity index (χ0) is 13.0. The van der Waals surface area contributed by atoms with E-state index in [2.05, 4.69) is 4.98 Å². The Balaban J connectivity index is 2.02. The number of nitrogens with one attached hydrogen (secondary N) is 1. The first-order chi connectivity index (χ1) is 8.66. The quantitative estimate of drug-likeness (QED) is 0.656. The average molecular weight is 262 g/mol. The van der Waals surface area contributed by atoms with Gasteiger partial charge in [0.1, 0.15) is 23.9 Å². The summed E-state index contributed by atoms with van der Waals surface area (Å²) in [5, 5.41) is 7.90. The topological polar surface area (TPSA) is 72.0 Å². The molecule has 18 heavy (non-hydrogen) atoms. The number of hydrogen-bond donors (Lipinski definition) is 2. The molecule has 2 aromatic rings. The van der Waals surface area contributed by atoms with Crippen molar-refractivity contribution in [2.24, 2.45) is 5.73 Å². The molecule has 1 aromatic heterocycles. The number of halogens is 1. The Hall–Kier alpha value is -2.07. The maximum atomic E-state index is 7.23. The van der Waals surface area contributed by atoms with Crippen molar-refractivity contribution < 1.29 is 4.74 Å². The molecule has 2 rings (SSSR count). The van der Waals surface area contributed by atoms with Crippen LogP contribution in [0, 0.1) is 5.41 Å². The molecule has 0 unspecified atom stereocenters. The van der Waals surface area contributed by atoms with Gasteiger partial charge < -0.3 is 10.5 Å². The van der Waals surface area contributed by atoms with Gasteiger partial charge in [0.05, 0.1) is 6.20 Å². The second-order valence-electron chi connectivity index (χ2n) is 3.67. The summed E-state index contributed by atoms with van der Waals surface area (Å²) in [7, 11) is 0. The summed E-state index contributed by atoms with van der Waals surface area (Å²) in [6.45, 7) is 0.376. The summed E-state index contributed by atoms with van der Waals surface area (Å²) in [5.74, 6) is 0.549. The van der Waals surface area contributed by atoms with Crippen molar-refractivity contribution in [1.29, 1.82) is 5.41 Å². The summed E-state index contributed by atoms with van der Waals surface area (Å²) in [6.07, 6.45) is 1.54. The lowest BCUT2D eigenvalue weighted by Gasteiger charge is -2.07. The smallest absolute Gasteiger partial charge is 0.141 e. The van der Waals surface area contributed by atoms with Crippen LogP contribution in [0.5, 0.6) is 5.75 Å². The molecule has 4 nitrogen and oxygen atoms in total. The highest BCUT2D eigenvalue weighted by Gasteiger charge is 2.02. The van der Waals surface area contributed by atoms with Crippen LogP contribution in [0.15, 0.2) is 42.6 Å². The largest absolute Gasteiger partial charge is 0.487 e. The number of aromatic nitrogens is 1. The minimum atomic E-state index is -0.0624. The predicted molar refractivity (Wildman–Crippen MR) is 71.0 cm³/mol. The lowest BCUT2D eigenvalue weighted by Crippen LogP contribution is -2.12. The average Bonchev–Trinajstić information content (AvgIpc) is 2.38. The fourth-order valence-corrected chi connectivity index (χ4v) is 1.59. The molecule has 0 radical (unpaired) electrons. The van der Waals surface area contributed by atoms with Crippen molar-refractivity contribution in [3.8, 4) is 5.75 Å². The van der Waals surface area contributed by atoms with Crippen molar-refractivity contribution in [2.45, 2.75) is 6.61 Å². The van der Waals surface area contributed by atoms with Crippen LogP contribution in [0.4, 0.5) is 0 Å². The van der Waals surface area contributed by atoms with Gasteiger partial charge in [-0.3, -0.25) is 5.41 Å². The third-order valence-electron chi connectivity index (χ3n) is 2.36. The summed E-state index contributed by atoms with van der Waals surface area (Å²) in [6, 6.07) is 10.9. The van der Waals surface area contributed by atoms with Gasteiger partial charge in [-0.05, 0) is 18.2 Å². The number of nitrogen functional groups attached to an aromatic ring is 1. The second-order valence-corrected chi connectivity index (χ2v) is 4.08. The van der Waals surface area contributed by atoms with Crippen molar-refractivity contribution in [1.82, 2.24) is 4.98 Å². The van der Waals surface area contributed by atoms with E-state index in [0.717, 1.165) is 5.56 Å². The van der Waals surface area contributed by atoms with Crippen molar-refractivity contribution in [3.05, 3.63) is 58.9 Å². The van der Waals surface area contributed by atoms with Gasteiger partial charge >= 0.3 is 0 Å². The first kappa shape index (κ1) is 12.4. The van der Waals surface area contributed by atoms with E-state index in [1.165, 1.54) is 6.20 Å². The third-order valence-corrected chi connectivity index (χ3v) is 2.73. The van der Waals surface area contributed by atoms with Gasteiger partial charge in [-0.25, -0.2) is 4.98 Å². The molecule has 1 aromatic carbocycles. The first-order valence-corrected chi connectivity index (χ1v) is 5.71. The highest BCUT2D eigenvalue weighted by atomic mass is 35.5. The summed E-state index contributed by atoms with van der Waals surface area (Å²) in [5.41, 5.74) is 6.65. The normalized spacial score (nSPS) is 10.1. The number of benzene rings is 1. The van der Waals surface area contributed by atoms with E-state index < -0.39 is 0 Å². The molecule has 0 bridgehead atoms. The third kappa shape index (κ3) is 2.99. The Labute approximate surface area is 110 Å². The molecule has 92 valence electrons. The molecule has 0 saturated carbocycles. The number of hydrogen-bond acceptors (Lipinski definition) is 3. The van der Waals surface area contributed by atoms with Gasteiger partial charge in [0, 0.05) is 10.6 Å². The minimum absolute atomic E-state index is 0.0624. The number of ether oxygens (including phenoxy) is 1. The fourth-order valence-electron chi connectivity index (χ4n) is 1.40. The van der Waals surface area contributed by atoms with Crippen molar-refractivity contribution in [2.75, 3.05) is 0 Å². The van der Waals surface area contributed by atoms with E-state index >= 15 is 0 Å². The maximum Gasteiger partial charge on any atom is 0.141 e. The Morgan fingerprint density at radius 1 is 1.28 bits per heavy atom. The van der Waals surface area contributed by atoms with E-state index in [4.69, 9.17) is 27.5 Å². The first-order valence-electron chi connectivity index (χ1n) is 5.33. The van der Waals surface area contributed by atoms with Gasteiger partial charge in [-0.2, -0.15) is 0 Å². The van der Waals surface area contributed by atoms with Crippen molar-refractivity contribution >= 4 is 17.4 Å². The van der Waals surface area contributed by atoms with Crippen LogP contribution in [-0.4, -0.2) is 10.8 Å². The Kier molecular flexibility index (Phi) is 3.79. The Morgan fingerprint density at radius 2 is 2.06 bits per heavy atom. The number of pyridine rings is 1. The number of nitrogens with zero attached hydrogens (tertiary/aromatic N) is 1. The summed E-state index contributed by atoms with van der Waals surface area (Å²) >= 11 is 6.02. The molecule has 1 heterocycles. The van der Waals surface area contributed by atoms with Gasteiger partial charge in [0.2, 0.25) is 0 Å². The lowest BCUT2D eigenvalue weighted by molar-refractivity contribution is 0.305. The minimum Gasteiger partial charge on any atom is -0.487 e. The molecule has 0 atom stereocenters. The standard InChI is InChI=1S/C13H12ClN3O/c14-11-4-2-1-3-9(11)8-18-10-5-6-12(13(15)16)17-7-10/h1-7H,8H2,(H3,15,16). The molecule has 0 fully saturated rings. The molecule has 3 N–H and O–H groups in total. The number of rotatable bonds is 4. The molecular weight excluding hydrogens is 250 g/mol. The van der Waals surface area contributed by atoms with Crippen LogP contribution in [0.2, 0.25) is 5.02 Å². The van der Waals surface area contributed by atoms with Gasteiger partial charge in [0.25, 0.3) is 0 Å². The van der Waals surface area contributed by atoms with Gasteiger partial charge in [0.15, 0.2) is 0 Å². The van der Waals surface area contributed by atoms with Gasteiger partial charge in [-0.15, -0.1) is 0 Å². The van der Waals surface area contributed by atoms with Crippen LogP contribution in [0.1, 0.15) is 11.3 Å². The van der Waals surface area contributed by atoms with Crippen LogP contribution >= 0.6 is 11.6 Å². The highest BCUT2D eigenvalue weighted by molar-refractivity contribution is 6.31. The van der Waals surface area contributed by atoms with Crippen molar-refractivity contribution in [3.63, 3.8) is 0 Å². The molecule has 0 aliphatic carbocycles. The Bertz CT molecular complexity index is 554. The number of nitrogens with two attached hydrogens (primary N) is 1. The predicted octanol–water partition coefficient (Wildman–Crippen LogP) is 2.60. The zero-order valence-corrected chi connectivity index (χ0v) is 10.3. The molecule has 5 heteroatoms. The molecule has 0 saturated heterocycles. The molecule has 0 aliphatic rings. The molecule has 0 spiro atoms. The zero-order valence-electron chi connectivity index (χ0n) is 9.56. The summed E-state index contributed by atoms with van der Waals surface area (Å²) < 4.78 is 5.55. The van der Waals surface area contributed by atoms with Crippen LogP contribution in [-0.2, 0) is 6.61 Å².